The zero-order chi connectivity index (χ0) is 15.3. The van der Waals surface area contributed by atoms with Crippen molar-refractivity contribution in [2.24, 2.45) is 0 Å². The molecule has 1 heterocycles. The number of hydrogen-bond acceptors (Lipinski definition) is 2. The lowest BCUT2D eigenvalue weighted by atomic mass is 9.90. The average molecular weight is 309 g/mol. The number of amides is 1. The fourth-order valence-electron chi connectivity index (χ4n) is 3.19. The van der Waals surface area contributed by atoms with E-state index in [-0.39, 0.29) is 17.5 Å². The third-order valence-electron chi connectivity index (χ3n) is 4.32. The molecule has 0 aromatic heterocycles. The molecule has 1 aromatic carbocycles. The zero-order valence-electron chi connectivity index (χ0n) is 12.9. The van der Waals surface area contributed by atoms with Crippen LogP contribution in [0.15, 0.2) is 24.3 Å². The average Bonchev–Trinajstić information content (AvgIpc) is 2.95. The number of rotatable bonds is 6. The molecule has 1 saturated heterocycles. The lowest BCUT2D eigenvalue weighted by molar-refractivity contribution is -0.128. The molecule has 1 aromatic rings. The molecular formula is C17H25ClN2O. The van der Waals surface area contributed by atoms with E-state index in [0.717, 1.165) is 44.2 Å². The van der Waals surface area contributed by atoms with Crippen LogP contribution in [0.25, 0.3) is 0 Å². The van der Waals surface area contributed by atoms with Crippen molar-refractivity contribution < 1.29 is 4.79 Å². The van der Waals surface area contributed by atoms with Crippen LogP contribution in [0, 0.1) is 0 Å². The first kappa shape index (κ1) is 16.3. The van der Waals surface area contributed by atoms with Crippen LogP contribution in [-0.2, 0) is 4.79 Å². The molecule has 0 bridgehead atoms. The van der Waals surface area contributed by atoms with E-state index in [4.69, 9.17) is 11.6 Å². The number of halogens is 1. The van der Waals surface area contributed by atoms with Crippen LogP contribution in [0.5, 0.6) is 0 Å². The minimum atomic E-state index is -0.374. The highest BCUT2D eigenvalue weighted by Crippen LogP contribution is 2.27. The highest BCUT2D eigenvalue weighted by molar-refractivity contribution is 6.30. The third kappa shape index (κ3) is 3.78. The van der Waals surface area contributed by atoms with Gasteiger partial charge < -0.3 is 10.6 Å². The van der Waals surface area contributed by atoms with Gasteiger partial charge in [0.2, 0.25) is 5.91 Å². The van der Waals surface area contributed by atoms with E-state index in [1.54, 1.807) is 0 Å². The third-order valence-corrected chi connectivity index (χ3v) is 4.55. The predicted molar refractivity (Wildman–Crippen MR) is 87.5 cm³/mol. The Balaban J connectivity index is 2.12. The molecule has 2 rings (SSSR count). The molecule has 21 heavy (non-hydrogen) atoms. The first-order valence-corrected chi connectivity index (χ1v) is 8.30. The number of carbonyl (C=O) groups excluding carboxylic acids is 1. The molecule has 3 nitrogen and oxygen atoms in total. The van der Waals surface area contributed by atoms with Crippen molar-refractivity contribution in [1.29, 1.82) is 0 Å². The van der Waals surface area contributed by atoms with Gasteiger partial charge in [-0.25, -0.2) is 0 Å². The predicted octanol–water partition coefficient (Wildman–Crippen LogP) is 3.83. The number of nitrogens with one attached hydrogen (secondary N) is 2. The Hall–Kier alpha value is -1.06. The topological polar surface area (TPSA) is 41.1 Å². The van der Waals surface area contributed by atoms with Crippen LogP contribution < -0.4 is 10.6 Å². The maximum atomic E-state index is 12.8. The second-order valence-electron chi connectivity index (χ2n) is 5.85. The normalized spacial score (nSPS) is 23.0. The number of benzene rings is 1. The Kier molecular flexibility index (Phi) is 5.65. The second-order valence-corrected chi connectivity index (χ2v) is 6.29. The first-order chi connectivity index (χ1) is 10.1. The molecule has 2 atom stereocenters. The lowest BCUT2D eigenvalue weighted by Crippen LogP contribution is -2.54. The summed E-state index contributed by atoms with van der Waals surface area (Å²) in [5.74, 6) is 0.133. The van der Waals surface area contributed by atoms with Crippen molar-refractivity contribution in [3.05, 3.63) is 34.9 Å². The van der Waals surface area contributed by atoms with Crippen molar-refractivity contribution in [3.8, 4) is 0 Å². The Morgan fingerprint density at radius 3 is 2.86 bits per heavy atom. The molecule has 0 aliphatic carbocycles. The highest BCUT2D eigenvalue weighted by Gasteiger charge is 2.40. The van der Waals surface area contributed by atoms with Crippen LogP contribution >= 0.6 is 11.6 Å². The van der Waals surface area contributed by atoms with Gasteiger partial charge in [0, 0.05) is 5.02 Å². The summed E-state index contributed by atoms with van der Waals surface area (Å²) in [6, 6.07) is 7.77. The Bertz CT molecular complexity index is 483. The monoisotopic (exact) mass is 308 g/mol. The molecule has 0 spiro atoms. The fourth-order valence-corrected chi connectivity index (χ4v) is 3.39. The highest BCUT2D eigenvalue weighted by atomic mass is 35.5. The zero-order valence-corrected chi connectivity index (χ0v) is 13.7. The summed E-state index contributed by atoms with van der Waals surface area (Å²) in [5.41, 5.74) is 0.698. The molecule has 4 heteroatoms. The van der Waals surface area contributed by atoms with Gasteiger partial charge in [-0.15, -0.1) is 0 Å². The largest absolute Gasteiger partial charge is 0.348 e. The molecular weight excluding hydrogens is 284 g/mol. The van der Waals surface area contributed by atoms with Gasteiger partial charge in [0.05, 0.1) is 11.6 Å². The molecule has 0 saturated carbocycles. The van der Waals surface area contributed by atoms with Crippen LogP contribution in [-0.4, -0.2) is 18.0 Å². The molecule has 2 N–H and O–H groups in total. The van der Waals surface area contributed by atoms with E-state index in [0.29, 0.717) is 5.02 Å². The Morgan fingerprint density at radius 1 is 1.48 bits per heavy atom. The van der Waals surface area contributed by atoms with Crippen LogP contribution in [0.3, 0.4) is 0 Å². The van der Waals surface area contributed by atoms with Crippen LogP contribution in [0.1, 0.15) is 57.6 Å². The van der Waals surface area contributed by atoms with E-state index in [1.165, 1.54) is 0 Å². The lowest BCUT2D eigenvalue weighted by Gasteiger charge is -2.30. The van der Waals surface area contributed by atoms with E-state index in [1.807, 2.05) is 24.3 Å². The summed E-state index contributed by atoms with van der Waals surface area (Å²) in [4.78, 5) is 12.8. The maximum absolute atomic E-state index is 12.8. The molecule has 2 unspecified atom stereocenters. The van der Waals surface area contributed by atoms with Crippen molar-refractivity contribution >= 4 is 17.5 Å². The Morgan fingerprint density at radius 2 is 2.29 bits per heavy atom. The van der Waals surface area contributed by atoms with Crippen LogP contribution in [0.2, 0.25) is 5.02 Å². The first-order valence-electron chi connectivity index (χ1n) is 7.92. The summed E-state index contributed by atoms with van der Waals surface area (Å²) in [5, 5.41) is 7.35. The minimum Gasteiger partial charge on any atom is -0.348 e. The van der Waals surface area contributed by atoms with Gasteiger partial charge in [-0.05, 0) is 49.9 Å². The standard InChI is InChI=1S/C17H25ClN2O/c1-3-9-17(10-6-11-19-17)16(21)20-15(4-2)13-7-5-8-14(18)12-13/h5,7-8,12,15,19H,3-4,6,9-11H2,1-2H3,(H,20,21). The minimum absolute atomic E-state index is 0.0207. The smallest absolute Gasteiger partial charge is 0.240 e. The maximum Gasteiger partial charge on any atom is 0.240 e. The van der Waals surface area contributed by atoms with Crippen molar-refractivity contribution in [3.63, 3.8) is 0 Å². The van der Waals surface area contributed by atoms with Gasteiger partial charge in [-0.2, -0.15) is 0 Å². The van der Waals surface area contributed by atoms with Crippen molar-refractivity contribution in [1.82, 2.24) is 10.6 Å². The molecule has 1 aliphatic heterocycles. The van der Waals surface area contributed by atoms with E-state index in [2.05, 4.69) is 24.5 Å². The Labute approximate surface area is 132 Å². The van der Waals surface area contributed by atoms with E-state index in [9.17, 15) is 4.79 Å². The summed E-state index contributed by atoms with van der Waals surface area (Å²) in [6.07, 6.45) is 4.76. The van der Waals surface area contributed by atoms with Crippen LogP contribution in [0.4, 0.5) is 0 Å². The summed E-state index contributed by atoms with van der Waals surface area (Å²) < 4.78 is 0. The van der Waals surface area contributed by atoms with Gasteiger partial charge in [0.25, 0.3) is 0 Å². The van der Waals surface area contributed by atoms with Crippen molar-refractivity contribution in [2.75, 3.05) is 6.54 Å². The second kappa shape index (κ2) is 7.28. The van der Waals surface area contributed by atoms with Gasteiger partial charge in [-0.1, -0.05) is 44.0 Å². The molecule has 116 valence electrons. The quantitative estimate of drug-likeness (QED) is 0.838. The summed E-state index contributed by atoms with van der Waals surface area (Å²) in [7, 11) is 0. The summed E-state index contributed by atoms with van der Waals surface area (Å²) in [6.45, 7) is 5.14. The van der Waals surface area contributed by atoms with Gasteiger partial charge in [0.15, 0.2) is 0 Å². The molecule has 0 radical (unpaired) electrons. The molecule has 1 fully saturated rings. The SMILES string of the molecule is CCCC1(C(=O)NC(CC)c2cccc(Cl)c2)CCCN1. The van der Waals surface area contributed by atoms with E-state index >= 15 is 0 Å². The van der Waals surface area contributed by atoms with E-state index < -0.39 is 0 Å². The molecule has 1 amide bonds. The van der Waals surface area contributed by atoms with Gasteiger partial charge in [-0.3, -0.25) is 4.79 Å². The number of hydrogen-bond donors (Lipinski definition) is 2. The summed E-state index contributed by atoms with van der Waals surface area (Å²) >= 11 is 6.06. The molecule has 1 aliphatic rings. The van der Waals surface area contributed by atoms with Crippen molar-refractivity contribution in [2.45, 2.75) is 57.5 Å². The fraction of sp³-hybridized carbons (Fsp3) is 0.588. The van der Waals surface area contributed by atoms with Gasteiger partial charge in [0.1, 0.15) is 0 Å². The van der Waals surface area contributed by atoms with Gasteiger partial charge >= 0.3 is 0 Å². The number of carbonyl (C=O) groups is 1.